The van der Waals surface area contributed by atoms with Gasteiger partial charge in [0.1, 0.15) is 0 Å². The van der Waals surface area contributed by atoms with Gasteiger partial charge in [-0.05, 0) is 6.42 Å². The Morgan fingerprint density at radius 2 is 1.71 bits per heavy atom. The largest absolute Gasteiger partial charge is 0.392 e. The monoisotopic (exact) mass is 295 g/mol. The second-order valence-electron chi connectivity index (χ2n) is 4.57. The Kier molecular flexibility index (Phi) is 9.80. The first kappa shape index (κ1) is 15.7. The predicted octanol–water partition coefficient (Wildman–Crippen LogP) is 4.25. The fraction of sp³-hybridized carbons (Fsp3) is 1.00. The standard InChI is InChI=1S/C12H25NOS3/c1-2-3-4-5-6-7-8-9-10-12(14)11-15-17-13-16-17/h12,14H,2-11H2,1H3. The van der Waals surface area contributed by atoms with Gasteiger partial charge in [-0.3, -0.25) is 0 Å². The van der Waals surface area contributed by atoms with Crippen molar-refractivity contribution in [2.45, 2.75) is 70.8 Å². The Labute approximate surface area is 115 Å². The van der Waals surface area contributed by atoms with Crippen molar-refractivity contribution in [1.29, 1.82) is 0 Å². The minimum atomic E-state index is -0.107. The lowest BCUT2D eigenvalue weighted by Crippen LogP contribution is -2.09. The predicted molar refractivity (Wildman–Crippen MR) is 82.8 cm³/mol. The fourth-order valence-electron chi connectivity index (χ4n) is 1.79. The number of aliphatic hydroxyl groups is 1. The summed E-state index contributed by atoms with van der Waals surface area (Å²) in [7, 11) is 3.66. The lowest BCUT2D eigenvalue weighted by molar-refractivity contribution is 0.185. The third kappa shape index (κ3) is 10.3. The van der Waals surface area contributed by atoms with Crippen molar-refractivity contribution in [3.8, 4) is 0 Å². The summed E-state index contributed by atoms with van der Waals surface area (Å²) in [6.45, 7) is 2.26. The molecule has 17 heavy (non-hydrogen) atoms. The van der Waals surface area contributed by atoms with Gasteiger partial charge in [-0.25, -0.2) is 0 Å². The van der Waals surface area contributed by atoms with Crippen LogP contribution in [0, 0.1) is 0 Å². The van der Waals surface area contributed by atoms with Crippen molar-refractivity contribution in [2.75, 3.05) is 5.75 Å². The smallest absolute Gasteiger partial charge is 0.0751 e. The first-order valence-corrected chi connectivity index (χ1v) is 10.7. The second-order valence-corrected chi connectivity index (χ2v) is 10.00. The molecule has 0 radical (unpaired) electrons. The Balaban J connectivity index is 1.74. The first-order chi connectivity index (χ1) is 8.33. The van der Waals surface area contributed by atoms with E-state index in [0.29, 0.717) is 0 Å². The van der Waals surface area contributed by atoms with Crippen molar-refractivity contribution >= 4 is 29.6 Å². The van der Waals surface area contributed by atoms with Gasteiger partial charge in [0, 0.05) is 15.9 Å². The van der Waals surface area contributed by atoms with Crippen molar-refractivity contribution in [1.82, 2.24) is 0 Å². The summed E-state index contributed by atoms with van der Waals surface area (Å²) in [5.74, 6) is 0.871. The average molecular weight is 296 g/mol. The lowest BCUT2D eigenvalue weighted by Gasteiger charge is -2.08. The van der Waals surface area contributed by atoms with Crippen LogP contribution in [0.1, 0.15) is 64.7 Å². The van der Waals surface area contributed by atoms with Gasteiger partial charge in [0.2, 0.25) is 0 Å². The molecule has 1 rings (SSSR count). The summed E-state index contributed by atoms with van der Waals surface area (Å²) >= 11 is 0. The van der Waals surface area contributed by atoms with E-state index in [9.17, 15) is 5.11 Å². The highest BCUT2D eigenvalue weighted by atomic mass is 33.4. The van der Waals surface area contributed by atoms with E-state index in [-0.39, 0.29) is 14.8 Å². The van der Waals surface area contributed by atoms with Gasteiger partial charge in [-0.1, -0.05) is 69.1 Å². The Bertz CT molecular complexity index is 264. The summed E-state index contributed by atoms with van der Waals surface area (Å²) in [5.41, 5.74) is 0. The highest BCUT2D eigenvalue weighted by Crippen LogP contribution is 2.20. The van der Waals surface area contributed by atoms with Gasteiger partial charge in [0.05, 0.1) is 14.8 Å². The maximum absolute atomic E-state index is 9.73. The molecule has 0 bridgehead atoms. The molecular formula is C12H25NOS3. The molecule has 102 valence electrons. The second kappa shape index (κ2) is 10.6. The molecule has 0 aliphatic carbocycles. The van der Waals surface area contributed by atoms with E-state index in [0.717, 1.165) is 12.2 Å². The number of hydrogen-bond donors (Lipinski definition) is 1. The summed E-state index contributed by atoms with van der Waals surface area (Å²) in [6, 6.07) is 0. The Hall–Kier alpha value is 0.680. The van der Waals surface area contributed by atoms with Gasteiger partial charge < -0.3 is 5.11 Å². The highest BCUT2D eigenvalue weighted by molar-refractivity contribution is 8.88. The molecule has 0 saturated heterocycles. The number of unbranched alkanes of at least 4 members (excludes halogenated alkanes) is 7. The molecule has 2 atom stereocenters. The number of aliphatic hydroxyl groups excluding tert-OH is 1. The Morgan fingerprint density at radius 1 is 1.12 bits per heavy atom. The number of nitrogens with zero attached hydrogens (tertiary/aromatic N) is 1. The van der Waals surface area contributed by atoms with E-state index < -0.39 is 0 Å². The molecular weight excluding hydrogens is 270 g/mol. The van der Waals surface area contributed by atoms with Crippen molar-refractivity contribution in [3.05, 3.63) is 0 Å². The Morgan fingerprint density at radius 3 is 2.29 bits per heavy atom. The maximum Gasteiger partial charge on any atom is 0.0751 e. The first-order valence-electron chi connectivity index (χ1n) is 6.77. The van der Waals surface area contributed by atoms with Crippen LogP contribution in [0.25, 0.3) is 0 Å². The van der Waals surface area contributed by atoms with Gasteiger partial charge in [-0.15, -0.1) is 3.77 Å². The summed E-state index contributed by atoms with van der Waals surface area (Å²) < 4.78 is 4.12. The zero-order valence-electron chi connectivity index (χ0n) is 10.8. The number of hydrogen-bond acceptors (Lipinski definition) is 3. The van der Waals surface area contributed by atoms with Crippen LogP contribution in [-0.2, 0) is 18.8 Å². The minimum absolute atomic E-state index is 0.107. The van der Waals surface area contributed by atoms with Crippen LogP contribution in [0.3, 0.4) is 0 Å². The van der Waals surface area contributed by atoms with Crippen molar-refractivity contribution < 1.29 is 5.11 Å². The van der Waals surface area contributed by atoms with Crippen molar-refractivity contribution in [2.24, 2.45) is 3.77 Å². The normalized spacial score (nSPS) is 19.5. The lowest BCUT2D eigenvalue weighted by atomic mass is 10.1. The van der Waals surface area contributed by atoms with Crippen LogP contribution in [0.5, 0.6) is 0 Å². The molecule has 2 unspecified atom stereocenters. The summed E-state index contributed by atoms with van der Waals surface area (Å²) in [6.07, 6.45) is 11.6. The van der Waals surface area contributed by atoms with Gasteiger partial charge in [-0.2, -0.15) is 0 Å². The third-order valence-corrected chi connectivity index (χ3v) is 7.67. The zero-order chi connectivity index (χ0) is 12.3. The molecule has 0 spiro atoms. The molecule has 1 heterocycles. The average Bonchev–Trinajstić information content (AvgIpc) is 3.14. The van der Waals surface area contributed by atoms with E-state index in [4.69, 9.17) is 0 Å². The van der Waals surface area contributed by atoms with Gasteiger partial charge in [0.25, 0.3) is 0 Å². The van der Waals surface area contributed by atoms with Gasteiger partial charge >= 0.3 is 0 Å². The number of rotatable bonds is 12. The van der Waals surface area contributed by atoms with Crippen LogP contribution in [-0.4, -0.2) is 17.0 Å². The molecule has 0 fully saturated rings. The molecule has 1 N–H and O–H groups in total. The van der Waals surface area contributed by atoms with E-state index >= 15 is 0 Å². The SMILES string of the molecule is CCCCCCCCCCC(O)CSS1=S=N1. The molecule has 0 aromatic carbocycles. The molecule has 1 aliphatic rings. The van der Waals surface area contributed by atoms with E-state index in [1.807, 2.05) is 0 Å². The molecule has 1 aliphatic heterocycles. The molecule has 5 heteroatoms. The molecule has 2 nitrogen and oxygen atoms in total. The van der Waals surface area contributed by atoms with Crippen LogP contribution >= 0.6 is 10.8 Å². The highest BCUT2D eigenvalue weighted by Gasteiger charge is 2.08. The molecule has 0 saturated carbocycles. The van der Waals surface area contributed by atoms with E-state index in [2.05, 4.69) is 10.7 Å². The third-order valence-electron chi connectivity index (χ3n) is 2.89. The fourth-order valence-corrected chi connectivity index (χ4v) is 5.66. The quantitative estimate of drug-likeness (QED) is 0.431. The van der Waals surface area contributed by atoms with Crippen molar-refractivity contribution in [3.63, 3.8) is 0 Å². The minimum Gasteiger partial charge on any atom is -0.392 e. The van der Waals surface area contributed by atoms with Crippen LogP contribution in [0.2, 0.25) is 0 Å². The topological polar surface area (TPSA) is 32.6 Å². The van der Waals surface area contributed by atoms with E-state index in [1.54, 1.807) is 20.9 Å². The van der Waals surface area contributed by atoms with Crippen LogP contribution in [0.4, 0.5) is 0 Å². The maximum atomic E-state index is 9.73. The van der Waals surface area contributed by atoms with E-state index in [1.165, 1.54) is 51.4 Å². The molecule has 0 amide bonds. The zero-order valence-corrected chi connectivity index (χ0v) is 13.2. The van der Waals surface area contributed by atoms with Crippen LogP contribution < -0.4 is 0 Å². The molecule has 0 aromatic heterocycles. The summed E-state index contributed by atoms with van der Waals surface area (Å²) in [4.78, 5) is 0. The summed E-state index contributed by atoms with van der Waals surface area (Å²) in [5, 5.41) is 9.73. The van der Waals surface area contributed by atoms with Gasteiger partial charge in [0.15, 0.2) is 0 Å². The molecule has 0 aromatic rings. The van der Waals surface area contributed by atoms with Crippen LogP contribution in [0.15, 0.2) is 3.77 Å².